The van der Waals surface area contributed by atoms with E-state index in [-0.39, 0.29) is 23.8 Å². The number of carbonyl (C=O) groups excluding carboxylic acids is 1. The number of amides is 1. The van der Waals surface area contributed by atoms with Crippen LogP contribution in [-0.2, 0) is 21.9 Å². The normalized spacial score (nSPS) is 26.3. The number of hydrogen-bond acceptors (Lipinski definition) is 4. The second-order valence-electron chi connectivity index (χ2n) is 11.6. The number of benzene rings is 1. The Balaban J connectivity index is 1.20. The van der Waals surface area contributed by atoms with Gasteiger partial charge in [0.1, 0.15) is 0 Å². The minimum atomic E-state index is -3.63. The fourth-order valence-electron chi connectivity index (χ4n) is 6.03. The van der Waals surface area contributed by atoms with Crippen LogP contribution in [-0.4, -0.2) is 53.6 Å². The molecular formula is C27H39N3O4S. The first kappa shape index (κ1) is 24.8. The number of hydrogen-bond donors (Lipinski definition) is 2. The average Bonchev–Trinajstić information content (AvgIpc) is 3.62. The Labute approximate surface area is 208 Å². The summed E-state index contributed by atoms with van der Waals surface area (Å²) in [6, 6.07) is 7.42. The van der Waals surface area contributed by atoms with E-state index in [1.807, 2.05) is 31.9 Å². The molecule has 1 atom stereocenters. The first-order valence-electron chi connectivity index (χ1n) is 13.2. The number of likely N-dealkylation sites (tertiary alicyclic amines) is 1. The summed E-state index contributed by atoms with van der Waals surface area (Å²) in [6.07, 6.45) is 6.99. The van der Waals surface area contributed by atoms with Gasteiger partial charge in [-0.15, -0.1) is 0 Å². The van der Waals surface area contributed by atoms with Gasteiger partial charge in [0.2, 0.25) is 15.9 Å². The fourth-order valence-corrected chi connectivity index (χ4v) is 7.35. The Hall–Kier alpha value is -1.90. The first-order chi connectivity index (χ1) is 16.5. The number of fused-ring (bicyclic) bond motifs is 1. The maximum Gasteiger partial charge on any atom is 0.240 e. The van der Waals surface area contributed by atoms with Gasteiger partial charge in [-0.1, -0.05) is 6.07 Å². The van der Waals surface area contributed by atoms with Crippen LogP contribution in [0.4, 0.5) is 0 Å². The van der Waals surface area contributed by atoms with Crippen molar-refractivity contribution in [2.24, 2.45) is 18.9 Å². The Morgan fingerprint density at radius 1 is 1.06 bits per heavy atom. The van der Waals surface area contributed by atoms with E-state index in [0.29, 0.717) is 43.0 Å². The average molecular weight is 502 g/mol. The number of piperidine rings is 1. The number of aryl methyl sites for hydroxylation is 1. The van der Waals surface area contributed by atoms with Gasteiger partial charge in [-0.05, 0) is 94.7 Å². The molecule has 1 aromatic heterocycles. The van der Waals surface area contributed by atoms with Crippen molar-refractivity contribution in [2.75, 3.05) is 13.1 Å². The van der Waals surface area contributed by atoms with Crippen molar-refractivity contribution in [3.05, 3.63) is 30.0 Å². The van der Waals surface area contributed by atoms with Crippen LogP contribution in [0.1, 0.15) is 76.8 Å². The number of nitrogens with one attached hydrogen (secondary N) is 1. The second-order valence-corrected chi connectivity index (χ2v) is 13.3. The molecule has 2 aliphatic carbocycles. The van der Waals surface area contributed by atoms with Crippen molar-refractivity contribution < 1.29 is 18.3 Å². The van der Waals surface area contributed by atoms with E-state index in [0.717, 1.165) is 30.3 Å². The largest absolute Gasteiger partial charge is 0.390 e. The molecule has 1 aliphatic heterocycles. The molecule has 1 unspecified atom stereocenters. The molecule has 35 heavy (non-hydrogen) atoms. The van der Waals surface area contributed by atoms with E-state index in [1.54, 1.807) is 12.1 Å². The van der Waals surface area contributed by atoms with Gasteiger partial charge >= 0.3 is 0 Å². The highest BCUT2D eigenvalue weighted by Gasteiger charge is 2.37. The molecule has 5 rings (SSSR count). The predicted octanol–water partition coefficient (Wildman–Crippen LogP) is 3.90. The smallest absolute Gasteiger partial charge is 0.240 e. The van der Waals surface area contributed by atoms with Crippen LogP contribution < -0.4 is 4.72 Å². The molecule has 1 saturated heterocycles. The highest BCUT2D eigenvalue weighted by atomic mass is 32.2. The van der Waals surface area contributed by atoms with Crippen LogP contribution in [0, 0.1) is 11.8 Å². The summed E-state index contributed by atoms with van der Waals surface area (Å²) in [4.78, 5) is 15.4. The standard InChI is InChI=1S/C27H39N3O4S/c1-27(2,32)21-5-4-14-30(17-21)26(31)19-8-11-22(12-9-19)28-35(33,34)23-13-10-20-15-24(18-6-7-18)29(3)25(20)16-23/h10,13,15-16,18-19,21-22,28,32H,4-9,11-12,14,17H2,1-3H3/t19-,21?,22-. The van der Waals surface area contributed by atoms with Crippen LogP contribution in [0.2, 0.25) is 0 Å². The molecule has 2 heterocycles. The maximum atomic E-state index is 13.2. The summed E-state index contributed by atoms with van der Waals surface area (Å²) in [5.74, 6) is 0.817. The zero-order valence-corrected chi connectivity index (χ0v) is 22.0. The zero-order chi connectivity index (χ0) is 25.0. The van der Waals surface area contributed by atoms with Crippen LogP contribution in [0.15, 0.2) is 29.2 Å². The molecule has 0 bridgehead atoms. The molecular weight excluding hydrogens is 462 g/mol. The van der Waals surface area contributed by atoms with E-state index in [2.05, 4.69) is 15.4 Å². The first-order valence-corrected chi connectivity index (χ1v) is 14.6. The summed E-state index contributed by atoms with van der Waals surface area (Å²) in [6.45, 7) is 5.01. The molecule has 8 heteroatoms. The summed E-state index contributed by atoms with van der Waals surface area (Å²) in [5, 5.41) is 11.5. The number of aliphatic hydroxyl groups is 1. The number of nitrogens with zero attached hydrogens (tertiary/aromatic N) is 2. The van der Waals surface area contributed by atoms with E-state index in [4.69, 9.17) is 0 Å². The van der Waals surface area contributed by atoms with Crippen LogP contribution >= 0.6 is 0 Å². The number of rotatable bonds is 6. The van der Waals surface area contributed by atoms with Gasteiger partial charge in [0.05, 0.1) is 10.5 Å². The minimum absolute atomic E-state index is 0.0585. The van der Waals surface area contributed by atoms with Crippen molar-refractivity contribution in [3.8, 4) is 0 Å². The lowest BCUT2D eigenvalue weighted by atomic mass is 9.82. The van der Waals surface area contributed by atoms with Gasteiger partial charge in [0.15, 0.2) is 0 Å². The maximum absolute atomic E-state index is 13.2. The molecule has 1 amide bonds. The van der Waals surface area contributed by atoms with Gasteiger partial charge in [-0.2, -0.15) is 0 Å². The molecule has 2 N–H and O–H groups in total. The SMILES string of the molecule is Cn1c(C2CC2)cc2ccc(S(=O)(=O)N[C@H]3CC[C@H](C(=O)N4CCCC(C(C)(C)O)C4)CC3)cc21. The molecule has 0 spiro atoms. The van der Waals surface area contributed by atoms with Crippen LogP contribution in [0.5, 0.6) is 0 Å². The third-order valence-electron chi connectivity index (χ3n) is 8.49. The minimum Gasteiger partial charge on any atom is -0.390 e. The molecule has 3 fully saturated rings. The molecule has 2 saturated carbocycles. The van der Waals surface area contributed by atoms with Crippen LogP contribution in [0.25, 0.3) is 10.9 Å². The van der Waals surface area contributed by atoms with Crippen molar-refractivity contribution in [1.29, 1.82) is 0 Å². The Kier molecular flexibility index (Phi) is 6.51. The predicted molar refractivity (Wildman–Crippen MR) is 137 cm³/mol. The van der Waals surface area contributed by atoms with Gasteiger partial charge in [0, 0.05) is 49.2 Å². The molecule has 0 radical (unpaired) electrons. The van der Waals surface area contributed by atoms with Gasteiger partial charge in [-0.3, -0.25) is 4.79 Å². The van der Waals surface area contributed by atoms with Gasteiger partial charge < -0.3 is 14.6 Å². The topological polar surface area (TPSA) is 91.6 Å². The number of sulfonamides is 1. The van der Waals surface area contributed by atoms with Crippen molar-refractivity contribution in [1.82, 2.24) is 14.2 Å². The number of carbonyl (C=O) groups is 1. The second kappa shape index (κ2) is 9.20. The lowest BCUT2D eigenvalue weighted by molar-refractivity contribution is -0.140. The molecule has 7 nitrogen and oxygen atoms in total. The highest BCUT2D eigenvalue weighted by Crippen LogP contribution is 2.42. The van der Waals surface area contributed by atoms with Crippen molar-refractivity contribution in [3.63, 3.8) is 0 Å². The third kappa shape index (κ3) is 5.16. The van der Waals surface area contributed by atoms with Crippen molar-refractivity contribution >= 4 is 26.8 Å². The van der Waals surface area contributed by atoms with E-state index >= 15 is 0 Å². The summed E-state index contributed by atoms with van der Waals surface area (Å²) in [5.41, 5.74) is 1.46. The Bertz CT molecular complexity index is 1200. The molecule has 2 aromatic rings. The van der Waals surface area contributed by atoms with Gasteiger partial charge in [-0.25, -0.2) is 13.1 Å². The molecule has 3 aliphatic rings. The van der Waals surface area contributed by atoms with E-state index in [9.17, 15) is 18.3 Å². The Morgan fingerprint density at radius 2 is 1.77 bits per heavy atom. The van der Waals surface area contributed by atoms with E-state index < -0.39 is 15.6 Å². The third-order valence-corrected chi connectivity index (χ3v) is 10.0. The van der Waals surface area contributed by atoms with Gasteiger partial charge in [0.25, 0.3) is 0 Å². The Morgan fingerprint density at radius 3 is 2.43 bits per heavy atom. The quantitative estimate of drug-likeness (QED) is 0.628. The monoisotopic (exact) mass is 501 g/mol. The zero-order valence-electron chi connectivity index (χ0n) is 21.2. The number of aromatic nitrogens is 1. The summed E-state index contributed by atoms with van der Waals surface area (Å²) >= 11 is 0. The fraction of sp³-hybridized carbons (Fsp3) is 0.667. The molecule has 1 aromatic carbocycles. The summed E-state index contributed by atoms with van der Waals surface area (Å²) in [7, 11) is -1.61. The van der Waals surface area contributed by atoms with E-state index in [1.165, 1.54) is 18.5 Å². The molecule has 192 valence electrons. The highest BCUT2D eigenvalue weighted by molar-refractivity contribution is 7.89. The van der Waals surface area contributed by atoms with Crippen molar-refractivity contribution in [2.45, 2.75) is 87.7 Å². The van der Waals surface area contributed by atoms with Crippen LogP contribution in [0.3, 0.4) is 0 Å². The lowest BCUT2D eigenvalue weighted by Gasteiger charge is -2.40. The summed E-state index contributed by atoms with van der Waals surface area (Å²) < 4.78 is 31.4. The lowest BCUT2D eigenvalue weighted by Crippen LogP contribution is -2.49.